The number of nitro groups is 1. The van der Waals surface area contributed by atoms with Gasteiger partial charge in [0.2, 0.25) is 0 Å². The van der Waals surface area contributed by atoms with E-state index in [0.29, 0.717) is 0 Å². The number of rotatable bonds is 4. The second-order valence-corrected chi connectivity index (χ2v) is 3.15. The second-order valence-electron chi connectivity index (χ2n) is 3.15. The van der Waals surface area contributed by atoms with Gasteiger partial charge in [0.05, 0.1) is 4.92 Å². The molecule has 110 valence electrons. The van der Waals surface area contributed by atoms with Gasteiger partial charge in [0.25, 0.3) is 12.1 Å². The fraction of sp³-hybridized carbons (Fsp3) is 0.250. The Morgan fingerprint density at radius 3 is 2.35 bits per heavy atom. The molecule has 0 spiro atoms. The number of carboxylic acid groups (broad SMARTS) is 1. The maximum Gasteiger partial charge on any atom is 0.573 e. The maximum absolute atomic E-state index is 12.7. The molecule has 0 radical (unpaired) electrons. The summed E-state index contributed by atoms with van der Waals surface area (Å²) in [5.74, 6) is -4.02. The second kappa shape index (κ2) is 5.22. The van der Waals surface area contributed by atoms with E-state index in [0.717, 1.165) is 0 Å². The molecule has 0 aromatic carbocycles. The number of pyridine rings is 1. The van der Waals surface area contributed by atoms with Gasteiger partial charge in [0, 0.05) is 0 Å². The van der Waals surface area contributed by atoms with Crippen LogP contribution in [0.1, 0.15) is 22.5 Å². The predicted molar refractivity (Wildman–Crippen MR) is 49.5 cm³/mol. The molecule has 0 atom stereocenters. The molecule has 0 fully saturated rings. The minimum Gasteiger partial charge on any atom is -0.476 e. The van der Waals surface area contributed by atoms with Crippen molar-refractivity contribution in [3.05, 3.63) is 27.6 Å². The Balaban J connectivity index is 3.65. The van der Waals surface area contributed by atoms with Gasteiger partial charge >= 0.3 is 12.3 Å². The molecule has 0 amide bonds. The first-order chi connectivity index (χ1) is 9.04. The number of hydrogen-bond donors (Lipinski definition) is 1. The Morgan fingerprint density at radius 1 is 1.45 bits per heavy atom. The van der Waals surface area contributed by atoms with Crippen molar-refractivity contribution < 1.29 is 41.5 Å². The molecule has 0 aliphatic heterocycles. The van der Waals surface area contributed by atoms with E-state index in [1.54, 1.807) is 0 Å². The number of alkyl halides is 5. The highest BCUT2D eigenvalue weighted by Gasteiger charge is 2.39. The summed E-state index contributed by atoms with van der Waals surface area (Å²) in [4.78, 5) is 22.5. The van der Waals surface area contributed by atoms with Crippen LogP contribution in [0.5, 0.6) is 5.75 Å². The van der Waals surface area contributed by atoms with E-state index >= 15 is 0 Å². The lowest BCUT2D eigenvalue weighted by atomic mass is 10.1. The van der Waals surface area contributed by atoms with Gasteiger partial charge in [-0.3, -0.25) is 10.1 Å². The Labute approximate surface area is 105 Å². The zero-order valence-electron chi connectivity index (χ0n) is 9.02. The van der Waals surface area contributed by atoms with Crippen LogP contribution in [0.2, 0.25) is 0 Å². The fourth-order valence-corrected chi connectivity index (χ4v) is 1.23. The molecule has 0 unspecified atom stereocenters. The van der Waals surface area contributed by atoms with E-state index in [9.17, 15) is 36.9 Å². The van der Waals surface area contributed by atoms with Crippen LogP contribution in [-0.4, -0.2) is 27.3 Å². The molecule has 12 heteroatoms. The number of carbonyl (C=O) groups is 1. The van der Waals surface area contributed by atoms with Gasteiger partial charge in [-0.1, -0.05) is 0 Å². The van der Waals surface area contributed by atoms with Crippen LogP contribution >= 0.6 is 0 Å². The van der Waals surface area contributed by atoms with E-state index in [2.05, 4.69) is 9.72 Å². The lowest BCUT2D eigenvalue weighted by Gasteiger charge is -2.14. The summed E-state index contributed by atoms with van der Waals surface area (Å²) < 4.78 is 64.8. The molecular weight excluding hydrogens is 299 g/mol. The van der Waals surface area contributed by atoms with Gasteiger partial charge in [-0.25, -0.2) is 18.6 Å². The van der Waals surface area contributed by atoms with E-state index in [1.807, 2.05) is 0 Å². The van der Waals surface area contributed by atoms with Gasteiger partial charge < -0.3 is 9.84 Å². The lowest BCUT2D eigenvalue weighted by Crippen LogP contribution is -2.21. The molecule has 0 bridgehead atoms. The normalized spacial score (nSPS) is 11.5. The molecule has 7 nitrogen and oxygen atoms in total. The minimum absolute atomic E-state index is 0.119. The van der Waals surface area contributed by atoms with Crippen molar-refractivity contribution in [2.24, 2.45) is 0 Å². The summed E-state index contributed by atoms with van der Waals surface area (Å²) in [5, 5.41) is 19.0. The largest absolute Gasteiger partial charge is 0.573 e. The maximum atomic E-state index is 12.7. The summed E-state index contributed by atoms with van der Waals surface area (Å²) in [7, 11) is 0. The number of aromatic nitrogens is 1. The Hall–Kier alpha value is -2.53. The van der Waals surface area contributed by atoms with Crippen LogP contribution in [0.25, 0.3) is 0 Å². The molecule has 1 aromatic heterocycles. The zero-order chi connectivity index (χ0) is 15.7. The standard InChI is InChI=1S/C8H3F5N2O5/c9-6(10)3-2(15(18)19)1-14-4(7(16)17)5(3)20-8(11,12)13/h1,6H,(H,16,17). The molecule has 0 aliphatic rings. The van der Waals surface area contributed by atoms with Crippen LogP contribution in [0.3, 0.4) is 0 Å². The molecule has 20 heavy (non-hydrogen) atoms. The molecule has 1 heterocycles. The van der Waals surface area contributed by atoms with Gasteiger partial charge in [-0.15, -0.1) is 13.2 Å². The summed E-state index contributed by atoms with van der Waals surface area (Å²) >= 11 is 0. The summed E-state index contributed by atoms with van der Waals surface area (Å²) in [5.41, 5.74) is -4.80. The number of hydrogen-bond acceptors (Lipinski definition) is 5. The smallest absolute Gasteiger partial charge is 0.476 e. The van der Waals surface area contributed by atoms with Gasteiger partial charge in [0.1, 0.15) is 11.8 Å². The van der Waals surface area contributed by atoms with Crippen LogP contribution in [-0.2, 0) is 0 Å². The zero-order valence-corrected chi connectivity index (χ0v) is 9.02. The van der Waals surface area contributed by atoms with Crippen molar-refractivity contribution in [1.29, 1.82) is 0 Å². The van der Waals surface area contributed by atoms with Crippen molar-refractivity contribution in [1.82, 2.24) is 4.98 Å². The summed E-state index contributed by atoms with van der Waals surface area (Å²) in [6.07, 6.45) is -9.17. The van der Waals surface area contributed by atoms with Gasteiger partial charge in [-0.2, -0.15) is 0 Å². The molecule has 0 saturated heterocycles. The van der Waals surface area contributed by atoms with E-state index in [1.165, 1.54) is 0 Å². The molecule has 0 aliphatic carbocycles. The first kappa shape index (κ1) is 15.5. The Bertz CT molecular complexity index is 559. The van der Waals surface area contributed by atoms with Crippen LogP contribution in [0, 0.1) is 10.1 Å². The minimum atomic E-state index is -5.52. The van der Waals surface area contributed by atoms with Crippen molar-refractivity contribution in [3.63, 3.8) is 0 Å². The van der Waals surface area contributed by atoms with E-state index in [-0.39, 0.29) is 6.20 Å². The topological polar surface area (TPSA) is 103 Å². The number of ether oxygens (including phenoxy) is 1. The fourth-order valence-electron chi connectivity index (χ4n) is 1.23. The first-order valence-corrected chi connectivity index (χ1v) is 4.49. The van der Waals surface area contributed by atoms with Gasteiger partial charge in [-0.05, 0) is 0 Å². The Morgan fingerprint density at radius 2 is 2.00 bits per heavy atom. The third-order valence-electron chi connectivity index (χ3n) is 1.89. The highest BCUT2D eigenvalue weighted by Crippen LogP contribution is 2.40. The van der Waals surface area contributed by atoms with Crippen LogP contribution in [0.15, 0.2) is 6.20 Å². The average molecular weight is 302 g/mol. The number of halogens is 5. The predicted octanol–water partition coefficient (Wildman–Crippen LogP) is 2.52. The SMILES string of the molecule is O=C(O)c1ncc([N+](=O)[O-])c(C(F)F)c1OC(F)(F)F. The molecule has 1 rings (SSSR count). The third-order valence-corrected chi connectivity index (χ3v) is 1.89. The summed E-state index contributed by atoms with van der Waals surface area (Å²) in [6, 6.07) is 0. The monoisotopic (exact) mass is 302 g/mol. The van der Waals surface area contributed by atoms with Crippen molar-refractivity contribution >= 4 is 11.7 Å². The first-order valence-electron chi connectivity index (χ1n) is 4.49. The quantitative estimate of drug-likeness (QED) is 0.521. The molecule has 1 N–H and O–H groups in total. The molecular formula is C8H3F5N2O5. The highest BCUT2D eigenvalue weighted by molar-refractivity contribution is 5.89. The lowest BCUT2D eigenvalue weighted by molar-refractivity contribution is -0.386. The van der Waals surface area contributed by atoms with E-state index < -0.39 is 46.4 Å². The van der Waals surface area contributed by atoms with Crippen molar-refractivity contribution in [2.45, 2.75) is 12.8 Å². The number of aromatic carboxylic acids is 1. The summed E-state index contributed by atoms with van der Waals surface area (Å²) in [6.45, 7) is 0. The third kappa shape index (κ3) is 3.27. The van der Waals surface area contributed by atoms with Crippen LogP contribution < -0.4 is 4.74 Å². The Kier molecular flexibility index (Phi) is 4.06. The van der Waals surface area contributed by atoms with E-state index in [4.69, 9.17) is 5.11 Å². The van der Waals surface area contributed by atoms with Crippen LogP contribution in [0.4, 0.5) is 27.6 Å². The van der Waals surface area contributed by atoms with Crippen molar-refractivity contribution in [3.8, 4) is 5.75 Å². The van der Waals surface area contributed by atoms with Crippen molar-refractivity contribution in [2.75, 3.05) is 0 Å². The highest BCUT2D eigenvalue weighted by atomic mass is 19.4. The van der Waals surface area contributed by atoms with Gasteiger partial charge in [0.15, 0.2) is 11.4 Å². The average Bonchev–Trinajstić information content (AvgIpc) is 2.24. The number of nitrogens with zero attached hydrogens (tertiary/aromatic N) is 2. The number of carboxylic acids is 1. The molecule has 0 saturated carbocycles. The molecule has 1 aromatic rings.